The van der Waals surface area contributed by atoms with Gasteiger partial charge in [0.1, 0.15) is 12.3 Å². The van der Waals surface area contributed by atoms with E-state index in [1.807, 2.05) is 0 Å². The number of carbonyl (C=O) groups excluding carboxylic acids is 3. The number of carbonyl (C=O) groups is 3. The van der Waals surface area contributed by atoms with E-state index in [9.17, 15) is 23.2 Å². The summed E-state index contributed by atoms with van der Waals surface area (Å²) < 4.78 is 31.8. The third-order valence-electron chi connectivity index (χ3n) is 4.76. The number of methoxy groups -OCH3 is 1. The van der Waals surface area contributed by atoms with E-state index in [0.29, 0.717) is 21.4 Å². The second-order valence-corrected chi connectivity index (χ2v) is 7.11. The Kier molecular flexibility index (Phi) is 5.27. The molecule has 31 heavy (non-hydrogen) atoms. The van der Waals surface area contributed by atoms with Gasteiger partial charge in [0.2, 0.25) is 5.91 Å². The number of amides is 3. The molecule has 1 N–H and O–H groups in total. The summed E-state index contributed by atoms with van der Waals surface area (Å²) in [5.74, 6) is -3.90. The van der Waals surface area contributed by atoms with Crippen molar-refractivity contribution in [1.29, 1.82) is 0 Å². The Labute approximate surface area is 179 Å². The van der Waals surface area contributed by atoms with Crippen molar-refractivity contribution in [2.45, 2.75) is 12.1 Å². The van der Waals surface area contributed by atoms with Crippen LogP contribution in [0.3, 0.4) is 0 Å². The van der Waals surface area contributed by atoms with E-state index in [-0.39, 0.29) is 12.2 Å². The lowest BCUT2D eigenvalue weighted by molar-refractivity contribution is -0.123. The smallest absolute Gasteiger partial charge is 0.263 e. The van der Waals surface area contributed by atoms with Gasteiger partial charge in [-0.1, -0.05) is 16.8 Å². The van der Waals surface area contributed by atoms with Gasteiger partial charge in [0.05, 0.1) is 17.8 Å². The van der Waals surface area contributed by atoms with Crippen molar-refractivity contribution in [3.63, 3.8) is 0 Å². The largest absolute Gasteiger partial charge is 0.495 e. The lowest BCUT2D eigenvalue weighted by Gasteiger charge is -2.20. The van der Waals surface area contributed by atoms with Crippen molar-refractivity contribution < 1.29 is 27.9 Å². The van der Waals surface area contributed by atoms with E-state index in [1.54, 1.807) is 12.1 Å². The van der Waals surface area contributed by atoms with E-state index in [4.69, 9.17) is 16.3 Å². The Morgan fingerprint density at radius 2 is 1.94 bits per heavy atom. The molecule has 0 spiro atoms. The summed E-state index contributed by atoms with van der Waals surface area (Å²) in [5.41, 5.74) is 0.261. The van der Waals surface area contributed by atoms with Crippen LogP contribution in [0.4, 0.5) is 20.2 Å². The predicted octanol–water partition coefficient (Wildman–Crippen LogP) is 2.56. The molecule has 0 unspecified atom stereocenters. The van der Waals surface area contributed by atoms with Gasteiger partial charge in [-0.05, 0) is 30.3 Å². The van der Waals surface area contributed by atoms with Crippen molar-refractivity contribution in [3.05, 3.63) is 53.1 Å². The fraction of sp³-hybridized carbons (Fsp3) is 0.211. The van der Waals surface area contributed by atoms with Crippen LogP contribution in [0.2, 0.25) is 5.02 Å². The van der Waals surface area contributed by atoms with Crippen LogP contribution >= 0.6 is 11.6 Å². The summed E-state index contributed by atoms with van der Waals surface area (Å²) in [7, 11) is 1.46. The van der Waals surface area contributed by atoms with E-state index >= 15 is 0 Å². The maximum atomic E-state index is 13.6. The number of hydrogen-bond acceptors (Lipinski definition) is 7. The first-order valence-corrected chi connectivity index (χ1v) is 9.31. The van der Waals surface area contributed by atoms with Crippen LogP contribution in [-0.4, -0.2) is 48.5 Å². The minimum absolute atomic E-state index is 0.129. The zero-order valence-electron chi connectivity index (χ0n) is 15.9. The number of rotatable bonds is 5. The highest BCUT2D eigenvalue weighted by atomic mass is 35.5. The van der Waals surface area contributed by atoms with E-state index in [1.165, 1.54) is 13.2 Å². The van der Waals surface area contributed by atoms with Crippen LogP contribution in [0.25, 0.3) is 0 Å². The van der Waals surface area contributed by atoms with Crippen molar-refractivity contribution in [3.8, 4) is 5.75 Å². The number of imide groups is 1. The van der Waals surface area contributed by atoms with Gasteiger partial charge in [-0.3, -0.25) is 19.4 Å². The fourth-order valence-electron chi connectivity index (χ4n) is 3.32. The first kappa shape index (κ1) is 20.7. The van der Waals surface area contributed by atoms with Gasteiger partial charge in [-0.15, -0.1) is 0 Å². The summed E-state index contributed by atoms with van der Waals surface area (Å²) in [6.07, 6.45) is 0. The SMILES string of the molecule is COc1ccc(NC(=O)CN2N=N[C@H]3C(=O)N(c4ccc(F)c(F)c4)C(=O)[C@@H]32)cc1Cl. The average molecular weight is 450 g/mol. The number of nitrogens with one attached hydrogen (secondary N) is 1. The first-order valence-electron chi connectivity index (χ1n) is 8.94. The molecule has 0 bridgehead atoms. The molecule has 2 aliphatic heterocycles. The Bertz CT molecular complexity index is 1130. The molecule has 0 radical (unpaired) electrons. The van der Waals surface area contributed by atoms with Crippen LogP contribution in [0.5, 0.6) is 5.75 Å². The normalized spacial score (nSPS) is 19.7. The monoisotopic (exact) mass is 449 g/mol. The molecule has 2 heterocycles. The highest BCUT2D eigenvalue weighted by molar-refractivity contribution is 6.32. The van der Waals surface area contributed by atoms with Crippen molar-refractivity contribution in [2.75, 3.05) is 23.9 Å². The molecule has 0 aromatic heterocycles. The van der Waals surface area contributed by atoms with E-state index in [0.717, 1.165) is 23.2 Å². The number of anilines is 2. The molecule has 160 valence electrons. The minimum atomic E-state index is -1.20. The molecule has 1 saturated heterocycles. The topological polar surface area (TPSA) is 104 Å². The maximum Gasteiger partial charge on any atom is 0.263 e. The summed E-state index contributed by atoms with van der Waals surface area (Å²) in [6, 6.07) is 4.96. The molecule has 9 nitrogen and oxygen atoms in total. The predicted molar refractivity (Wildman–Crippen MR) is 105 cm³/mol. The molecule has 12 heteroatoms. The Balaban J connectivity index is 1.48. The lowest BCUT2D eigenvalue weighted by atomic mass is 10.1. The molecule has 4 rings (SSSR count). The number of nitrogens with zero attached hydrogens (tertiary/aromatic N) is 4. The third kappa shape index (κ3) is 3.67. The molecule has 3 amide bonds. The van der Waals surface area contributed by atoms with Gasteiger partial charge in [0, 0.05) is 11.8 Å². The standard InChI is InChI=1S/C19H14ClF2N5O4/c1-31-14-5-2-9(6-11(14)20)23-15(28)8-26-17-16(24-25-26)18(29)27(19(17)30)10-3-4-12(21)13(22)7-10/h2-7,16-17H,8H2,1H3,(H,23,28)/t16-,17-/m1/s1. The van der Waals surface area contributed by atoms with E-state index < -0.39 is 41.4 Å². The molecule has 0 saturated carbocycles. The summed E-state index contributed by atoms with van der Waals surface area (Å²) in [5, 5.41) is 11.5. The molecule has 2 atom stereocenters. The molecular formula is C19H14ClF2N5O4. The van der Waals surface area contributed by atoms with Crippen LogP contribution in [-0.2, 0) is 14.4 Å². The van der Waals surface area contributed by atoms with Gasteiger partial charge in [0.15, 0.2) is 23.7 Å². The highest BCUT2D eigenvalue weighted by Crippen LogP contribution is 2.32. The van der Waals surface area contributed by atoms with Crippen LogP contribution < -0.4 is 15.0 Å². The van der Waals surface area contributed by atoms with Crippen LogP contribution in [0, 0.1) is 11.6 Å². The second kappa shape index (κ2) is 7.91. The molecule has 0 aliphatic carbocycles. The Morgan fingerprint density at radius 3 is 2.61 bits per heavy atom. The van der Waals surface area contributed by atoms with Gasteiger partial charge >= 0.3 is 0 Å². The fourth-order valence-corrected chi connectivity index (χ4v) is 3.58. The zero-order valence-corrected chi connectivity index (χ0v) is 16.6. The lowest BCUT2D eigenvalue weighted by Crippen LogP contribution is -2.43. The Hall–Kier alpha value is -3.60. The van der Waals surface area contributed by atoms with Crippen LogP contribution in [0.15, 0.2) is 46.7 Å². The number of hydrogen-bond donors (Lipinski definition) is 1. The molecule has 2 aromatic carbocycles. The second-order valence-electron chi connectivity index (χ2n) is 6.70. The maximum absolute atomic E-state index is 13.6. The number of halogens is 3. The first-order chi connectivity index (χ1) is 14.8. The number of benzene rings is 2. The van der Waals surface area contributed by atoms with E-state index in [2.05, 4.69) is 15.7 Å². The molecule has 2 aromatic rings. The average Bonchev–Trinajstić information content (AvgIpc) is 3.24. The minimum Gasteiger partial charge on any atom is -0.495 e. The molecule has 2 aliphatic rings. The number of fused-ring (bicyclic) bond motifs is 1. The van der Waals surface area contributed by atoms with Gasteiger partial charge < -0.3 is 10.1 Å². The highest BCUT2D eigenvalue weighted by Gasteiger charge is 2.55. The van der Waals surface area contributed by atoms with Gasteiger partial charge in [-0.2, -0.15) is 5.11 Å². The molecule has 1 fully saturated rings. The van der Waals surface area contributed by atoms with Gasteiger partial charge in [-0.25, -0.2) is 13.7 Å². The Morgan fingerprint density at radius 1 is 1.16 bits per heavy atom. The summed E-state index contributed by atoms with van der Waals surface area (Å²) >= 11 is 6.03. The third-order valence-corrected chi connectivity index (χ3v) is 5.06. The summed E-state index contributed by atoms with van der Waals surface area (Å²) in [6.45, 7) is -0.376. The van der Waals surface area contributed by atoms with Crippen molar-refractivity contribution >= 4 is 40.7 Å². The quantitative estimate of drug-likeness (QED) is 0.706. The molecular weight excluding hydrogens is 436 g/mol. The number of ether oxygens (including phenoxy) is 1. The zero-order chi connectivity index (χ0) is 22.3. The van der Waals surface area contributed by atoms with Crippen molar-refractivity contribution in [1.82, 2.24) is 5.01 Å². The van der Waals surface area contributed by atoms with Crippen molar-refractivity contribution in [2.24, 2.45) is 10.3 Å². The van der Waals surface area contributed by atoms with Gasteiger partial charge in [0.25, 0.3) is 11.8 Å². The summed E-state index contributed by atoms with van der Waals surface area (Å²) in [4.78, 5) is 38.5. The van der Waals surface area contributed by atoms with Crippen LogP contribution in [0.1, 0.15) is 0 Å².